The Morgan fingerprint density at radius 2 is 0.775 bits per heavy atom. The van der Waals surface area contributed by atoms with Crippen LogP contribution >= 0.6 is 11.6 Å². The molecule has 11 aromatic rings. The van der Waals surface area contributed by atoms with Gasteiger partial charge in [0.05, 0.1) is 58.7 Å². The summed E-state index contributed by atoms with van der Waals surface area (Å²) in [6, 6.07) is 50.7. The maximum atomic E-state index is 12.1. The second-order valence-electron chi connectivity index (χ2n) is 29.2. The summed E-state index contributed by atoms with van der Waals surface area (Å²) >= 11 is 6.45. The number of aromatic amines is 4. The lowest BCUT2D eigenvalue weighted by molar-refractivity contribution is 0.0826. The van der Waals surface area contributed by atoms with Crippen molar-refractivity contribution in [2.24, 2.45) is 0 Å². The largest absolute Gasteiger partial charge is 0.489 e. The number of nitrogens with zero attached hydrogens (tertiary/aromatic N) is 9. The number of halogens is 1. The van der Waals surface area contributed by atoms with Crippen molar-refractivity contribution < 1.29 is 28.5 Å². The Bertz CT molecular complexity index is 4560. The molecule has 0 aliphatic rings. The molecule has 11 rings (SSSR count). The molecule has 4 heterocycles. The van der Waals surface area contributed by atoms with Crippen molar-refractivity contribution in [1.82, 2.24) is 70.6 Å². The summed E-state index contributed by atoms with van der Waals surface area (Å²) in [6.07, 6.45) is 17.3. The highest BCUT2D eigenvalue weighted by Gasteiger charge is 2.19. The maximum absolute atomic E-state index is 12.1. The number of nitrogens with one attached hydrogen (secondary N) is 5. The molecule has 111 heavy (non-hydrogen) atoms. The number of amides is 2. The average molecular weight is 1530 g/mol. The molecule has 4 aromatic heterocycles. The molecule has 0 bridgehead atoms. The highest BCUT2D eigenvalue weighted by atomic mass is 35.5. The predicted molar refractivity (Wildman–Crippen MR) is 452 cm³/mol. The molecule has 0 radical (unpaired) electrons. The van der Waals surface area contributed by atoms with Crippen molar-refractivity contribution in [3.8, 4) is 85.3 Å². The van der Waals surface area contributed by atoms with E-state index in [9.17, 15) is 9.59 Å². The number of hydrogen-bond donors (Lipinski definition) is 5. The third kappa shape index (κ3) is 27.0. The van der Waals surface area contributed by atoms with Gasteiger partial charge in [-0.3, -0.25) is 30.0 Å². The van der Waals surface area contributed by atoms with Gasteiger partial charge in [-0.1, -0.05) is 103 Å². The van der Waals surface area contributed by atoms with Crippen molar-refractivity contribution in [2.75, 3.05) is 75.5 Å². The van der Waals surface area contributed by atoms with Gasteiger partial charge in [0, 0.05) is 103 Å². The number of aryl methyl sites for hydroxylation is 1. The number of hydrogen-bond acceptors (Lipinski definition) is 14. The van der Waals surface area contributed by atoms with Gasteiger partial charge in [-0.2, -0.15) is 20.4 Å². The minimum Gasteiger partial charge on any atom is -0.489 e. The molecule has 21 heteroatoms. The topological polar surface area (TPSA) is 214 Å². The van der Waals surface area contributed by atoms with Crippen molar-refractivity contribution >= 4 is 23.4 Å². The predicted octanol–water partition coefficient (Wildman–Crippen LogP) is 20.5. The van der Waals surface area contributed by atoms with E-state index >= 15 is 0 Å². The summed E-state index contributed by atoms with van der Waals surface area (Å²) in [6.45, 7) is 27.1. The molecule has 20 nitrogen and oxygen atoms in total. The lowest BCUT2D eigenvalue weighted by atomic mass is 10.0. The average Bonchev–Trinajstić information content (AvgIpc) is 1.80. The zero-order chi connectivity index (χ0) is 79.8. The monoisotopic (exact) mass is 1520 g/mol. The molecular formula is C90H117ClN14O6. The lowest BCUT2D eigenvalue weighted by Crippen LogP contribution is -2.21. The van der Waals surface area contributed by atoms with Gasteiger partial charge < -0.3 is 48.8 Å². The van der Waals surface area contributed by atoms with Gasteiger partial charge in [-0.05, 0) is 251 Å². The summed E-state index contributed by atoms with van der Waals surface area (Å²) in [5.74, 6) is 5.46. The van der Waals surface area contributed by atoms with E-state index in [0.29, 0.717) is 45.1 Å². The Morgan fingerprint density at radius 3 is 1.11 bits per heavy atom. The van der Waals surface area contributed by atoms with E-state index < -0.39 is 0 Å². The number of rotatable bonds is 35. The molecule has 2 amide bonds. The standard InChI is InChI=1S/C24H30N4O2.C24H31N3O.C23H28N4O2.C19H28ClN3O/c1-5-6-14-28(4)17-20-16-25-26-23(20)18-10-12-21(13-11-18)30-22-9-7-8-19(15-22)24(29)27(2)3;1-5-6-14-27(4)17-21-16-25-26-24(21)19-10-12-22(13-11-19)28-23-9-7-8-20(15-23)18(2)3;1-4-5-13-27(3)16-19-15-25-26-22(19)17-9-11-20(12-10-17)29-21-8-6-7-18(14-21)23(28)24-2;1-6-7-8-23(5)12-16-11-21-22-18(16)15-9-14(4)19(17(20)10-15)24-13(2)3/h7-13,15-16H,5-6,14,17H2,1-4H3,(H,25,26);7-13,15-16,18H,5-6,14,17H2,1-4H3,(H,25,26);6-12,14-15H,4-5,13,16H2,1-3H3,(H,24,28)(H,25,26);9-11,13H,6-8,12H2,1-5H3,(H,21,22). The third-order valence-electron chi connectivity index (χ3n) is 18.5. The van der Waals surface area contributed by atoms with E-state index in [4.69, 9.17) is 30.5 Å². The van der Waals surface area contributed by atoms with Gasteiger partial charge in [-0.25, -0.2) is 0 Å². The Morgan fingerprint density at radius 1 is 0.432 bits per heavy atom. The van der Waals surface area contributed by atoms with Crippen molar-refractivity contribution in [3.05, 3.63) is 232 Å². The van der Waals surface area contributed by atoms with Crippen LogP contribution in [0.15, 0.2) is 183 Å². The highest BCUT2D eigenvalue weighted by molar-refractivity contribution is 6.32. The van der Waals surface area contributed by atoms with Crippen LogP contribution in [-0.2, 0) is 26.2 Å². The van der Waals surface area contributed by atoms with Crippen LogP contribution in [0, 0.1) is 6.92 Å². The molecule has 0 atom stereocenters. The first-order valence-electron chi connectivity index (χ1n) is 39.0. The number of ether oxygens (including phenoxy) is 4. The molecular weight excluding hydrogens is 1410 g/mol. The van der Waals surface area contributed by atoms with Crippen LogP contribution in [0.25, 0.3) is 45.0 Å². The van der Waals surface area contributed by atoms with Gasteiger partial charge in [0.1, 0.15) is 40.2 Å². The Hall–Kier alpha value is -10.4. The van der Waals surface area contributed by atoms with Gasteiger partial charge in [0.15, 0.2) is 0 Å². The van der Waals surface area contributed by atoms with Crippen molar-refractivity contribution in [3.63, 3.8) is 0 Å². The minimum atomic E-state index is -0.138. The SMILES string of the molecule is CCCCN(C)Cc1cn[nH]c1-c1cc(C)c(OC(C)C)c(Cl)c1.CCCCN(C)Cc1cn[nH]c1-c1ccc(Oc2cccc(C(=O)N(C)C)c2)cc1.CCCCN(C)Cc1cn[nH]c1-c1ccc(Oc2cccc(C(=O)NC)c2)cc1.CCCCN(C)Cc1cn[nH]c1-c1ccc(Oc2cccc(C(C)C)c2)cc1. The fourth-order valence-electron chi connectivity index (χ4n) is 12.4. The van der Waals surface area contributed by atoms with Gasteiger partial charge in [0.2, 0.25) is 0 Å². The van der Waals surface area contributed by atoms with E-state index in [-0.39, 0.29) is 17.9 Å². The maximum Gasteiger partial charge on any atom is 0.253 e. The first-order chi connectivity index (χ1) is 53.6. The smallest absolute Gasteiger partial charge is 0.253 e. The van der Waals surface area contributed by atoms with Crippen LogP contribution in [0.3, 0.4) is 0 Å². The van der Waals surface area contributed by atoms with Crippen molar-refractivity contribution in [1.29, 1.82) is 0 Å². The van der Waals surface area contributed by atoms with E-state index in [1.54, 1.807) is 56.4 Å². The van der Waals surface area contributed by atoms with Crippen molar-refractivity contribution in [2.45, 2.75) is 152 Å². The summed E-state index contributed by atoms with van der Waals surface area (Å²) in [5, 5.41) is 32.8. The molecule has 5 N–H and O–H groups in total. The van der Waals surface area contributed by atoms with Crippen LogP contribution in [0.2, 0.25) is 5.02 Å². The zero-order valence-electron chi connectivity index (χ0n) is 68.1. The lowest BCUT2D eigenvalue weighted by Gasteiger charge is -2.17. The number of carbonyl (C=O) groups excluding carboxylic acids is 2. The fraction of sp³-hybridized carbons (Fsp3) is 0.378. The highest BCUT2D eigenvalue weighted by Crippen LogP contribution is 2.37. The third-order valence-corrected chi connectivity index (χ3v) is 18.8. The second kappa shape index (κ2) is 44.5. The summed E-state index contributed by atoms with van der Waals surface area (Å²) in [5.41, 5.74) is 16.7. The molecule has 590 valence electrons. The molecule has 0 spiro atoms. The number of benzene rings is 7. The second-order valence-corrected chi connectivity index (χ2v) is 29.6. The molecule has 0 fully saturated rings. The first-order valence-corrected chi connectivity index (χ1v) is 39.3. The van der Waals surface area contributed by atoms with Crippen LogP contribution in [0.1, 0.15) is 167 Å². The van der Waals surface area contributed by atoms with Crippen LogP contribution in [0.4, 0.5) is 0 Å². The number of aromatic nitrogens is 8. The van der Waals surface area contributed by atoms with Crippen LogP contribution in [-0.4, -0.2) is 159 Å². The quantitative estimate of drug-likeness (QED) is 0.0250. The van der Waals surface area contributed by atoms with E-state index in [1.165, 1.54) is 79.2 Å². The first kappa shape index (κ1) is 86.2. The van der Waals surface area contributed by atoms with E-state index in [1.807, 2.05) is 143 Å². The number of H-pyrrole nitrogens is 4. The van der Waals surface area contributed by atoms with E-state index in [2.05, 4.69) is 166 Å². The minimum absolute atomic E-state index is 0.0496. The Labute approximate surface area is 663 Å². The van der Waals surface area contributed by atoms with Gasteiger partial charge >= 0.3 is 0 Å². The molecule has 7 aromatic carbocycles. The molecule has 0 saturated heterocycles. The van der Waals surface area contributed by atoms with Crippen LogP contribution < -0.4 is 24.3 Å². The van der Waals surface area contributed by atoms with Gasteiger partial charge in [-0.15, -0.1) is 0 Å². The molecule has 0 unspecified atom stereocenters. The summed E-state index contributed by atoms with van der Waals surface area (Å²) in [7, 11) is 13.7. The van der Waals surface area contributed by atoms with Crippen LogP contribution in [0.5, 0.6) is 40.2 Å². The fourth-order valence-corrected chi connectivity index (χ4v) is 12.7. The normalized spacial score (nSPS) is 11.2. The Kier molecular flexibility index (Phi) is 34.6. The summed E-state index contributed by atoms with van der Waals surface area (Å²) < 4.78 is 23.7. The molecule has 0 saturated carbocycles. The van der Waals surface area contributed by atoms with E-state index in [0.717, 1.165) is 120 Å². The number of unbranched alkanes of at least 4 members (excludes halogenated alkanes) is 4. The van der Waals surface area contributed by atoms with Gasteiger partial charge in [0.25, 0.3) is 11.8 Å². The summed E-state index contributed by atoms with van der Waals surface area (Å²) in [4.78, 5) is 34.8. The Balaban J connectivity index is 0.000000186. The molecule has 0 aliphatic heterocycles. The zero-order valence-corrected chi connectivity index (χ0v) is 68.9. The number of carbonyl (C=O) groups is 2. The molecule has 0 aliphatic carbocycles.